The number of para-hydroxylation sites is 1. The quantitative estimate of drug-likeness (QED) is 0.571. The van der Waals surface area contributed by atoms with Crippen molar-refractivity contribution in [1.29, 1.82) is 0 Å². The van der Waals surface area contributed by atoms with Crippen LogP contribution in [-0.4, -0.2) is 35.5 Å². The normalized spacial score (nSPS) is 15.2. The van der Waals surface area contributed by atoms with E-state index >= 15 is 0 Å². The maximum absolute atomic E-state index is 11.8. The minimum absolute atomic E-state index is 0.0909. The Morgan fingerprint density at radius 1 is 1.29 bits per heavy atom. The molecule has 7 heteroatoms. The van der Waals surface area contributed by atoms with Crippen molar-refractivity contribution < 1.29 is 19.5 Å². The molecule has 1 aliphatic carbocycles. The lowest BCUT2D eigenvalue weighted by atomic mass is 10.1. The van der Waals surface area contributed by atoms with Crippen LogP contribution in [0.5, 0.6) is 0 Å². The number of benzene rings is 1. The molecule has 112 valence electrons. The highest BCUT2D eigenvalue weighted by atomic mass is 16.4. The van der Waals surface area contributed by atoms with Crippen molar-refractivity contribution in [2.24, 2.45) is 11.7 Å². The number of primary amides is 1. The minimum atomic E-state index is -0.956. The molecule has 1 saturated carbocycles. The van der Waals surface area contributed by atoms with Crippen LogP contribution in [0.15, 0.2) is 24.3 Å². The van der Waals surface area contributed by atoms with Gasteiger partial charge in [0.2, 0.25) is 5.91 Å². The Labute approximate surface area is 121 Å². The summed E-state index contributed by atoms with van der Waals surface area (Å²) in [6, 6.07) is 5.67. The molecule has 7 nitrogen and oxygen atoms in total. The fourth-order valence-corrected chi connectivity index (χ4v) is 2.09. The Morgan fingerprint density at radius 2 is 1.95 bits per heavy atom. The molecule has 1 aromatic carbocycles. The number of aliphatic carboxylic acids is 1. The number of carbonyl (C=O) groups is 3. The molecule has 1 unspecified atom stereocenters. The summed E-state index contributed by atoms with van der Waals surface area (Å²) in [5.74, 6) is -1.92. The van der Waals surface area contributed by atoms with E-state index in [4.69, 9.17) is 10.8 Å². The number of nitrogens with two attached hydrogens (primary N) is 1. The first kappa shape index (κ1) is 15.0. The average molecular weight is 291 g/mol. The van der Waals surface area contributed by atoms with Crippen LogP contribution in [-0.2, 0) is 9.59 Å². The second-order valence-electron chi connectivity index (χ2n) is 4.99. The minimum Gasteiger partial charge on any atom is -0.480 e. The van der Waals surface area contributed by atoms with E-state index < -0.39 is 23.8 Å². The van der Waals surface area contributed by atoms with Gasteiger partial charge in [-0.1, -0.05) is 12.1 Å². The molecule has 0 saturated heterocycles. The third-order valence-corrected chi connectivity index (χ3v) is 3.31. The molecule has 2 rings (SSSR count). The first-order chi connectivity index (χ1) is 9.99. The van der Waals surface area contributed by atoms with Crippen molar-refractivity contribution in [3.05, 3.63) is 29.8 Å². The molecule has 0 spiro atoms. The second-order valence-corrected chi connectivity index (χ2v) is 4.99. The standard InChI is InChI=1S/C14H17N3O4/c15-13(19)9-3-1-2-4-10(9)17-11(18)7-16-12(14(20)21)8-5-6-8/h1-4,8,12,16H,5-7H2,(H2,15,19)(H,17,18)(H,20,21). The lowest BCUT2D eigenvalue weighted by molar-refractivity contribution is -0.140. The highest BCUT2D eigenvalue weighted by molar-refractivity contribution is 6.03. The summed E-state index contributed by atoms with van der Waals surface area (Å²) in [6.07, 6.45) is 1.71. The zero-order valence-corrected chi connectivity index (χ0v) is 11.3. The van der Waals surface area contributed by atoms with Gasteiger partial charge in [-0.15, -0.1) is 0 Å². The van der Waals surface area contributed by atoms with Crippen LogP contribution in [0.1, 0.15) is 23.2 Å². The number of rotatable bonds is 7. The summed E-state index contributed by atoms with van der Waals surface area (Å²) in [5.41, 5.74) is 5.74. The van der Waals surface area contributed by atoms with E-state index in [9.17, 15) is 14.4 Å². The molecule has 1 fully saturated rings. The molecule has 1 aliphatic rings. The Balaban J connectivity index is 1.93. The maximum atomic E-state index is 11.8. The van der Waals surface area contributed by atoms with Gasteiger partial charge in [-0.05, 0) is 30.9 Å². The molecular formula is C14H17N3O4. The smallest absolute Gasteiger partial charge is 0.320 e. The van der Waals surface area contributed by atoms with Gasteiger partial charge in [-0.3, -0.25) is 19.7 Å². The molecule has 0 radical (unpaired) electrons. The summed E-state index contributed by atoms with van der Waals surface area (Å²) in [4.78, 5) is 34.1. The third kappa shape index (κ3) is 4.03. The van der Waals surface area contributed by atoms with E-state index in [2.05, 4.69) is 10.6 Å². The summed E-state index contributed by atoms with van der Waals surface area (Å²) < 4.78 is 0. The third-order valence-electron chi connectivity index (χ3n) is 3.31. The van der Waals surface area contributed by atoms with Crippen LogP contribution in [0.4, 0.5) is 5.69 Å². The van der Waals surface area contributed by atoms with Gasteiger partial charge < -0.3 is 16.2 Å². The lowest BCUT2D eigenvalue weighted by Gasteiger charge is -2.14. The number of carboxylic acids is 1. The van der Waals surface area contributed by atoms with Gasteiger partial charge in [0.1, 0.15) is 6.04 Å². The van der Waals surface area contributed by atoms with Crippen LogP contribution in [0.2, 0.25) is 0 Å². The zero-order valence-electron chi connectivity index (χ0n) is 11.3. The van der Waals surface area contributed by atoms with Crippen molar-refractivity contribution >= 4 is 23.5 Å². The summed E-state index contributed by atoms with van der Waals surface area (Å²) in [7, 11) is 0. The highest BCUT2D eigenvalue weighted by Gasteiger charge is 2.36. The zero-order chi connectivity index (χ0) is 15.4. The van der Waals surface area contributed by atoms with E-state index in [1.165, 1.54) is 6.07 Å². The van der Waals surface area contributed by atoms with Crippen LogP contribution in [0.25, 0.3) is 0 Å². The molecule has 0 heterocycles. The topological polar surface area (TPSA) is 122 Å². The largest absolute Gasteiger partial charge is 0.480 e. The monoisotopic (exact) mass is 291 g/mol. The van der Waals surface area contributed by atoms with E-state index in [0.717, 1.165) is 12.8 Å². The molecule has 1 atom stereocenters. The highest BCUT2D eigenvalue weighted by Crippen LogP contribution is 2.32. The number of anilines is 1. The Morgan fingerprint density at radius 3 is 2.52 bits per heavy atom. The number of carbonyl (C=O) groups excluding carboxylic acids is 2. The van der Waals surface area contributed by atoms with Crippen LogP contribution < -0.4 is 16.4 Å². The average Bonchev–Trinajstić information content (AvgIpc) is 3.23. The molecule has 2 amide bonds. The molecule has 0 aromatic heterocycles. The Hall–Kier alpha value is -2.41. The first-order valence-electron chi connectivity index (χ1n) is 6.64. The van der Waals surface area contributed by atoms with Crippen molar-refractivity contribution in [2.75, 3.05) is 11.9 Å². The molecule has 5 N–H and O–H groups in total. The van der Waals surface area contributed by atoms with Crippen LogP contribution in [0.3, 0.4) is 0 Å². The maximum Gasteiger partial charge on any atom is 0.320 e. The van der Waals surface area contributed by atoms with Crippen LogP contribution >= 0.6 is 0 Å². The van der Waals surface area contributed by atoms with Crippen molar-refractivity contribution in [3.63, 3.8) is 0 Å². The fraction of sp³-hybridized carbons (Fsp3) is 0.357. The van der Waals surface area contributed by atoms with Gasteiger partial charge in [0.25, 0.3) is 5.91 Å². The predicted octanol–water partition coefficient (Wildman–Crippen LogP) is 0.177. The Kier molecular flexibility index (Phi) is 4.54. The van der Waals surface area contributed by atoms with E-state index in [1.807, 2.05) is 0 Å². The second kappa shape index (κ2) is 6.36. The van der Waals surface area contributed by atoms with E-state index in [1.54, 1.807) is 18.2 Å². The number of nitrogens with one attached hydrogen (secondary N) is 2. The molecule has 0 aliphatic heterocycles. The molecular weight excluding hydrogens is 274 g/mol. The van der Waals surface area contributed by atoms with E-state index in [-0.39, 0.29) is 18.0 Å². The van der Waals surface area contributed by atoms with E-state index in [0.29, 0.717) is 5.69 Å². The van der Waals surface area contributed by atoms with Crippen molar-refractivity contribution in [1.82, 2.24) is 5.32 Å². The summed E-state index contributed by atoms with van der Waals surface area (Å²) >= 11 is 0. The van der Waals surface area contributed by atoms with Crippen molar-refractivity contribution in [3.8, 4) is 0 Å². The van der Waals surface area contributed by atoms with Gasteiger partial charge in [0, 0.05) is 0 Å². The fourth-order valence-electron chi connectivity index (χ4n) is 2.09. The molecule has 1 aromatic rings. The van der Waals surface area contributed by atoms with Crippen molar-refractivity contribution in [2.45, 2.75) is 18.9 Å². The SMILES string of the molecule is NC(=O)c1ccccc1NC(=O)CNC(C(=O)O)C1CC1. The van der Waals surface area contributed by atoms with Gasteiger partial charge >= 0.3 is 5.97 Å². The number of hydrogen-bond donors (Lipinski definition) is 4. The van der Waals surface area contributed by atoms with Gasteiger partial charge in [-0.2, -0.15) is 0 Å². The lowest BCUT2D eigenvalue weighted by Crippen LogP contribution is -2.42. The molecule has 21 heavy (non-hydrogen) atoms. The summed E-state index contributed by atoms with van der Waals surface area (Å²) in [6.45, 7) is -0.138. The number of amides is 2. The number of carboxylic acid groups (broad SMARTS) is 1. The van der Waals surface area contributed by atoms with Gasteiger partial charge in [-0.25, -0.2) is 0 Å². The Bertz CT molecular complexity index is 569. The van der Waals surface area contributed by atoms with Gasteiger partial charge in [0.15, 0.2) is 0 Å². The molecule has 0 bridgehead atoms. The summed E-state index contributed by atoms with van der Waals surface area (Å²) in [5, 5.41) is 14.3. The first-order valence-corrected chi connectivity index (χ1v) is 6.64. The van der Waals surface area contributed by atoms with Crippen LogP contribution in [0, 0.1) is 5.92 Å². The number of hydrogen-bond acceptors (Lipinski definition) is 4. The predicted molar refractivity (Wildman–Crippen MR) is 75.7 cm³/mol. The van der Waals surface area contributed by atoms with Gasteiger partial charge in [0.05, 0.1) is 17.8 Å².